The van der Waals surface area contributed by atoms with Crippen LogP contribution in [-0.2, 0) is 6.54 Å². The van der Waals surface area contributed by atoms with Crippen molar-refractivity contribution in [3.05, 3.63) is 18.7 Å². The highest BCUT2D eigenvalue weighted by Gasteiger charge is 2.22. The summed E-state index contributed by atoms with van der Waals surface area (Å²) >= 11 is 0. The van der Waals surface area contributed by atoms with Crippen molar-refractivity contribution in [2.24, 2.45) is 5.92 Å². The monoisotopic (exact) mass is 250 g/mol. The zero-order valence-corrected chi connectivity index (χ0v) is 11.7. The van der Waals surface area contributed by atoms with Crippen molar-refractivity contribution in [2.75, 3.05) is 26.2 Å². The predicted octanol–water partition coefficient (Wildman–Crippen LogP) is 1.59. The Balaban J connectivity index is 1.74. The smallest absolute Gasteiger partial charge is 0.0945 e. The van der Waals surface area contributed by atoms with Crippen LogP contribution in [0.25, 0.3) is 0 Å². The number of hydrogen-bond donors (Lipinski definition) is 1. The number of hydrogen-bond acceptors (Lipinski definition) is 3. The molecule has 1 N–H and O–H groups in total. The predicted molar refractivity (Wildman–Crippen MR) is 74.5 cm³/mol. The Bertz CT molecular complexity index is 321. The highest BCUT2D eigenvalue weighted by Crippen LogP contribution is 2.13. The second-order valence-corrected chi connectivity index (χ2v) is 5.68. The molecule has 4 heteroatoms. The minimum atomic E-state index is 0.724. The van der Waals surface area contributed by atoms with Gasteiger partial charge in [0.2, 0.25) is 0 Å². The quantitative estimate of drug-likeness (QED) is 0.832. The van der Waals surface area contributed by atoms with E-state index >= 15 is 0 Å². The number of piperazine rings is 1. The zero-order valence-electron chi connectivity index (χ0n) is 11.7. The van der Waals surface area contributed by atoms with Crippen molar-refractivity contribution in [3.8, 4) is 0 Å². The molecule has 1 aliphatic heterocycles. The molecule has 0 amide bonds. The third-order valence-corrected chi connectivity index (χ3v) is 3.64. The van der Waals surface area contributed by atoms with Crippen molar-refractivity contribution in [3.63, 3.8) is 0 Å². The minimum absolute atomic E-state index is 0.724. The average Bonchev–Trinajstić information content (AvgIpc) is 2.84. The molecule has 0 bridgehead atoms. The van der Waals surface area contributed by atoms with Crippen LogP contribution in [-0.4, -0.2) is 46.7 Å². The molecule has 1 unspecified atom stereocenters. The number of aromatic nitrogens is 2. The normalized spacial score (nSPS) is 21.6. The summed E-state index contributed by atoms with van der Waals surface area (Å²) in [6, 6.07) is 0.724. The summed E-state index contributed by atoms with van der Waals surface area (Å²) in [6.07, 6.45) is 8.32. The standard InChI is InChI=1S/C14H26N4/c1-13(2)10-14-11-15-5-9-18(14)7-3-6-17-8-4-16-12-17/h4,8,12-15H,3,5-7,9-11H2,1-2H3. The summed E-state index contributed by atoms with van der Waals surface area (Å²) in [4.78, 5) is 6.74. The van der Waals surface area contributed by atoms with Crippen LogP contribution in [0.1, 0.15) is 26.7 Å². The van der Waals surface area contributed by atoms with Gasteiger partial charge in [0.1, 0.15) is 0 Å². The molecule has 0 spiro atoms. The Kier molecular flexibility index (Phi) is 5.20. The van der Waals surface area contributed by atoms with Gasteiger partial charge in [0.15, 0.2) is 0 Å². The molecule has 4 nitrogen and oxygen atoms in total. The van der Waals surface area contributed by atoms with E-state index in [2.05, 4.69) is 33.6 Å². The summed E-state index contributed by atoms with van der Waals surface area (Å²) in [5.74, 6) is 0.783. The molecule has 2 heterocycles. The van der Waals surface area contributed by atoms with Gasteiger partial charge in [0.25, 0.3) is 0 Å². The van der Waals surface area contributed by atoms with Crippen LogP contribution < -0.4 is 5.32 Å². The third-order valence-electron chi connectivity index (χ3n) is 3.64. The van der Waals surface area contributed by atoms with E-state index in [-0.39, 0.29) is 0 Å². The van der Waals surface area contributed by atoms with Crippen molar-refractivity contribution < 1.29 is 0 Å². The summed E-state index contributed by atoms with van der Waals surface area (Å²) < 4.78 is 2.17. The van der Waals surface area contributed by atoms with Crippen LogP contribution in [0.5, 0.6) is 0 Å². The van der Waals surface area contributed by atoms with Crippen molar-refractivity contribution >= 4 is 0 Å². The fourth-order valence-electron chi connectivity index (χ4n) is 2.75. The molecule has 1 aromatic heterocycles. The van der Waals surface area contributed by atoms with Crippen LogP contribution in [0.2, 0.25) is 0 Å². The minimum Gasteiger partial charge on any atom is -0.337 e. The van der Waals surface area contributed by atoms with Crippen LogP contribution in [0.15, 0.2) is 18.7 Å². The van der Waals surface area contributed by atoms with E-state index in [9.17, 15) is 0 Å². The average molecular weight is 250 g/mol. The molecule has 102 valence electrons. The van der Waals surface area contributed by atoms with Crippen molar-refractivity contribution in [2.45, 2.75) is 39.3 Å². The van der Waals surface area contributed by atoms with Gasteiger partial charge in [-0.3, -0.25) is 4.90 Å². The maximum Gasteiger partial charge on any atom is 0.0945 e. The molecule has 1 atom stereocenters. The summed E-state index contributed by atoms with van der Waals surface area (Å²) in [6.45, 7) is 10.4. The summed E-state index contributed by atoms with van der Waals surface area (Å²) in [5.41, 5.74) is 0. The topological polar surface area (TPSA) is 33.1 Å². The Hall–Kier alpha value is -0.870. The molecule has 0 saturated carbocycles. The molecule has 0 radical (unpaired) electrons. The van der Waals surface area contributed by atoms with Gasteiger partial charge >= 0.3 is 0 Å². The third kappa shape index (κ3) is 4.10. The zero-order chi connectivity index (χ0) is 12.8. The maximum absolute atomic E-state index is 4.08. The second kappa shape index (κ2) is 6.90. The first-order valence-electron chi connectivity index (χ1n) is 7.16. The van der Waals surface area contributed by atoms with E-state index in [0.717, 1.165) is 31.6 Å². The molecular formula is C14H26N4. The van der Waals surface area contributed by atoms with E-state index in [1.54, 1.807) is 0 Å². The van der Waals surface area contributed by atoms with Gasteiger partial charge < -0.3 is 9.88 Å². The molecule has 2 rings (SSSR count). The number of rotatable bonds is 6. The van der Waals surface area contributed by atoms with Crippen molar-refractivity contribution in [1.29, 1.82) is 0 Å². The van der Waals surface area contributed by atoms with Gasteiger partial charge in [-0.25, -0.2) is 4.98 Å². The SMILES string of the molecule is CC(C)CC1CNCCN1CCCn1ccnc1. The molecule has 0 aliphatic carbocycles. The van der Waals surface area contributed by atoms with E-state index in [0.29, 0.717) is 0 Å². The van der Waals surface area contributed by atoms with Crippen LogP contribution in [0.3, 0.4) is 0 Å². The Labute approximate surface area is 110 Å². The van der Waals surface area contributed by atoms with Crippen molar-refractivity contribution in [1.82, 2.24) is 19.8 Å². The fourth-order valence-corrected chi connectivity index (χ4v) is 2.75. The lowest BCUT2D eigenvalue weighted by Crippen LogP contribution is -2.52. The first kappa shape index (κ1) is 13.6. The van der Waals surface area contributed by atoms with E-state index < -0.39 is 0 Å². The van der Waals surface area contributed by atoms with Gasteiger partial charge in [0.05, 0.1) is 6.33 Å². The van der Waals surface area contributed by atoms with Gasteiger partial charge in [0, 0.05) is 51.2 Å². The Morgan fingerprint density at radius 2 is 2.28 bits per heavy atom. The number of nitrogens with zero attached hydrogens (tertiary/aromatic N) is 3. The van der Waals surface area contributed by atoms with Gasteiger partial charge in [-0.1, -0.05) is 13.8 Å². The molecular weight excluding hydrogens is 224 g/mol. The Morgan fingerprint density at radius 1 is 1.39 bits per heavy atom. The van der Waals surface area contributed by atoms with Crippen LogP contribution in [0, 0.1) is 5.92 Å². The second-order valence-electron chi connectivity index (χ2n) is 5.68. The van der Waals surface area contributed by atoms with E-state index in [1.807, 2.05) is 18.7 Å². The first-order chi connectivity index (χ1) is 8.75. The molecule has 1 aromatic rings. The highest BCUT2D eigenvalue weighted by atomic mass is 15.2. The number of nitrogens with one attached hydrogen (secondary N) is 1. The largest absolute Gasteiger partial charge is 0.337 e. The number of aryl methyl sites for hydroxylation is 1. The lowest BCUT2D eigenvalue weighted by Gasteiger charge is -2.37. The lowest BCUT2D eigenvalue weighted by molar-refractivity contribution is 0.138. The molecule has 18 heavy (non-hydrogen) atoms. The summed E-state index contributed by atoms with van der Waals surface area (Å²) in [5, 5.41) is 3.52. The number of imidazole rings is 1. The van der Waals surface area contributed by atoms with Crippen LogP contribution in [0.4, 0.5) is 0 Å². The van der Waals surface area contributed by atoms with Gasteiger partial charge in [-0.05, 0) is 18.8 Å². The van der Waals surface area contributed by atoms with Gasteiger partial charge in [-0.2, -0.15) is 0 Å². The molecule has 1 fully saturated rings. The maximum atomic E-state index is 4.08. The van der Waals surface area contributed by atoms with Crippen LogP contribution >= 0.6 is 0 Å². The first-order valence-corrected chi connectivity index (χ1v) is 7.16. The van der Waals surface area contributed by atoms with E-state index in [1.165, 1.54) is 25.9 Å². The fraction of sp³-hybridized carbons (Fsp3) is 0.786. The van der Waals surface area contributed by atoms with Gasteiger partial charge in [-0.15, -0.1) is 0 Å². The van der Waals surface area contributed by atoms with E-state index in [4.69, 9.17) is 0 Å². The highest BCUT2D eigenvalue weighted by molar-refractivity contribution is 4.81. The molecule has 0 aromatic carbocycles. The summed E-state index contributed by atoms with van der Waals surface area (Å²) in [7, 11) is 0. The lowest BCUT2D eigenvalue weighted by atomic mass is 10.0. The molecule has 1 aliphatic rings. The Morgan fingerprint density at radius 3 is 3.00 bits per heavy atom. The molecule has 1 saturated heterocycles.